The van der Waals surface area contributed by atoms with Crippen LogP contribution in [0.2, 0.25) is 0 Å². The fourth-order valence-corrected chi connectivity index (χ4v) is 5.53. The molecule has 6 nitrogen and oxygen atoms in total. The zero-order valence-corrected chi connectivity index (χ0v) is 24.2. The maximum atomic E-state index is 14.2. The summed E-state index contributed by atoms with van der Waals surface area (Å²) in [7, 11) is 0. The molecule has 0 spiro atoms. The molecule has 8 heteroatoms. The van der Waals surface area contributed by atoms with Crippen molar-refractivity contribution in [3.05, 3.63) is 107 Å². The van der Waals surface area contributed by atoms with Crippen LogP contribution in [-0.4, -0.2) is 34.9 Å². The Kier molecular flexibility index (Phi) is 9.56. The normalized spacial score (nSPS) is 19.2. The van der Waals surface area contributed by atoms with Crippen LogP contribution in [0.1, 0.15) is 74.2 Å². The number of hydrogen-bond donors (Lipinski definition) is 3. The monoisotopic (exact) mass is 562 g/mol. The lowest BCUT2D eigenvalue weighted by atomic mass is 9.72. The molecule has 2 amide bonds. The Morgan fingerprint density at radius 1 is 0.902 bits per heavy atom. The van der Waals surface area contributed by atoms with E-state index in [2.05, 4.69) is 10.6 Å². The molecular formula is C33H40F2N4O2. The van der Waals surface area contributed by atoms with E-state index in [1.54, 1.807) is 24.3 Å². The first-order valence-electron chi connectivity index (χ1n) is 14.1. The van der Waals surface area contributed by atoms with E-state index in [9.17, 15) is 18.4 Å². The van der Waals surface area contributed by atoms with Gasteiger partial charge in [-0.15, -0.1) is 0 Å². The number of amides is 2. The van der Waals surface area contributed by atoms with Crippen molar-refractivity contribution in [2.75, 3.05) is 6.54 Å². The van der Waals surface area contributed by atoms with Gasteiger partial charge >= 0.3 is 0 Å². The lowest BCUT2D eigenvalue weighted by Crippen LogP contribution is -2.50. The van der Waals surface area contributed by atoms with E-state index in [4.69, 9.17) is 5.84 Å². The summed E-state index contributed by atoms with van der Waals surface area (Å²) < 4.78 is 27.5. The van der Waals surface area contributed by atoms with Crippen LogP contribution in [0.15, 0.2) is 72.8 Å². The highest BCUT2D eigenvalue weighted by molar-refractivity contribution is 5.81. The van der Waals surface area contributed by atoms with E-state index < -0.39 is 23.6 Å². The van der Waals surface area contributed by atoms with Crippen molar-refractivity contribution < 1.29 is 18.4 Å². The van der Waals surface area contributed by atoms with Crippen LogP contribution in [0.5, 0.6) is 0 Å². The highest BCUT2D eigenvalue weighted by Crippen LogP contribution is 2.40. The van der Waals surface area contributed by atoms with Gasteiger partial charge in [0, 0.05) is 17.5 Å². The Bertz CT molecular complexity index is 1280. The molecule has 1 aliphatic carbocycles. The van der Waals surface area contributed by atoms with E-state index in [0.29, 0.717) is 30.4 Å². The number of nitrogens with two attached hydrogens (primary N) is 1. The van der Waals surface area contributed by atoms with Crippen molar-refractivity contribution in [2.24, 2.45) is 11.8 Å². The summed E-state index contributed by atoms with van der Waals surface area (Å²) in [6.07, 6.45) is 1.75. The second-order valence-corrected chi connectivity index (χ2v) is 12.1. The van der Waals surface area contributed by atoms with Crippen molar-refractivity contribution in [2.45, 2.75) is 70.5 Å². The molecule has 1 saturated carbocycles. The lowest BCUT2D eigenvalue weighted by molar-refractivity contribution is -0.139. The van der Waals surface area contributed by atoms with E-state index >= 15 is 0 Å². The van der Waals surface area contributed by atoms with Crippen LogP contribution in [0.25, 0.3) is 0 Å². The predicted molar refractivity (Wildman–Crippen MR) is 157 cm³/mol. The standard InChI is InChI=1S/C33H40F2N4O2/c1-21-5-7-22(8-6-21)29-19-27(38-30(40)20-37-33(2,3)4)17-18-28(29)32(41)39(36)31(23-9-13-25(34)14-10-23)24-11-15-26(35)16-12-24/h5-16,27-29,31,37H,17-20,36H2,1-4H3,(H,38,40)/t27-,28-,29+/m1/s1. The maximum absolute atomic E-state index is 14.2. The molecule has 0 bridgehead atoms. The number of carbonyl (C=O) groups excluding carboxylic acids is 2. The summed E-state index contributed by atoms with van der Waals surface area (Å²) in [6, 6.07) is 18.9. The minimum absolute atomic E-state index is 0.0782. The molecule has 1 fully saturated rings. The molecule has 0 radical (unpaired) electrons. The average Bonchev–Trinajstić information content (AvgIpc) is 2.94. The molecule has 0 heterocycles. The topological polar surface area (TPSA) is 87.5 Å². The molecule has 3 atom stereocenters. The number of nitrogens with zero attached hydrogens (tertiary/aromatic N) is 1. The molecule has 3 aromatic rings. The van der Waals surface area contributed by atoms with Gasteiger partial charge in [-0.05, 0) is 93.8 Å². The van der Waals surface area contributed by atoms with Gasteiger partial charge in [0.15, 0.2) is 0 Å². The number of hydrogen-bond acceptors (Lipinski definition) is 4. The van der Waals surface area contributed by atoms with Crippen LogP contribution in [0.4, 0.5) is 8.78 Å². The van der Waals surface area contributed by atoms with Gasteiger partial charge in [0.1, 0.15) is 11.6 Å². The summed E-state index contributed by atoms with van der Waals surface area (Å²) in [5, 5.41) is 7.57. The molecule has 4 rings (SSSR count). The Morgan fingerprint density at radius 3 is 1.95 bits per heavy atom. The van der Waals surface area contributed by atoms with E-state index in [1.807, 2.05) is 52.0 Å². The summed E-state index contributed by atoms with van der Waals surface area (Å²) in [5.41, 5.74) is 3.18. The van der Waals surface area contributed by atoms with Gasteiger partial charge in [-0.2, -0.15) is 0 Å². The molecule has 1 aliphatic rings. The van der Waals surface area contributed by atoms with Gasteiger partial charge in [0.2, 0.25) is 11.8 Å². The number of benzene rings is 3. The molecule has 218 valence electrons. The minimum atomic E-state index is -0.733. The Hall–Kier alpha value is -3.62. The summed E-state index contributed by atoms with van der Waals surface area (Å²) >= 11 is 0. The minimum Gasteiger partial charge on any atom is -0.352 e. The number of halogens is 2. The fraction of sp³-hybridized carbons (Fsp3) is 0.394. The van der Waals surface area contributed by atoms with Crippen molar-refractivity contribution in [3.63, 3.8) is 0 Å². The maximum Gasteiger partial charge on any atom is 0.241 e. The number of carbonyl (C=O) groups is 2. The van der Waals surface area contributed by atoms with Gasteiger partial charge < -0.3 is 10.6 Å². The van der Waals surface area contributed by atoms with Crippen molar-refractivity contribution in [1.82, 2.24) is 15.6 Å². The van der Waals surface area contributed by atoms with Crippen molar-refractivity contribution >= 4 is 11.8 Å². The molecular weight excluding hydrogens is 522 g/mol. The Balaban J connectivity index is 1.60. The highest BCUT2D eigenvalue weighted by Gasteiger charge is 2.40. The first-order chi connectivity index (χ1) is 19.4. The predicted octanol–water partition coefficient (Wildman–Crippen LogP) is 5.52. The van der Waals surface area contributed by atoms with Crippen LogP contribution < -0.4 is 16.5 Å². The molecule has 41 heavy (non-hydrogen) atoms. The van der Waals surface area contributed by atoms with Crippen LogP contribution in [0.3, 0.4) is 0 Å². The van der Waals surface area contributed by atoms with Gasteiger partial charge in [0.05, 0.1) is 12.6 Å². The molecule has 0 aliphatic heterocycles. The largest absolute Gasteiger partial charge is 0.352 e. The van der Waals surface area contributed by atoms with Crippen LogP contribution in [0, 0.1) is 24.5 Å². The Labute approximate surface area is 241 Å². The zero-order valence-electron chi connectivity index (χ0n) is 24.2. The summed E-state index contributed by atoms with van der Waals surface area (Å²) in [6.45, 7) is 8.25. The van der Waals surface area contributed by atoms with Gasteiger partial charge in [-0.1, -0.05) is 54.1 Å². The Morgan fingerprint density at radius 2 is 1.44 bits per heavy atom. The second kappa shape index (κ2) is 12.9. The van der Waals surface area contributed by atoms with Gasteiger partial charge in [-0.25, -0.2) is 14.6 Å². The zero-order chi connectivity index (χ0) is 29.7. The number of nitrogens with one attached hydrogen (secondary N) is 2. The first kappa shape index (κ1) is 30.3. The third-order valence-corrected chi connectivity index (χ3v) is 7.72. The third-order valence-electron chi connectivity index (χ3n) is 7.72. The average molecular weight is 563 g/mol. The molecule has 0 unspecified atom stereocenters. The fourth-order valence-electron chi connectivity index (χ4n) is 5.53. The van der Waals surface area contributed by atoms with Gasteiger partial charge in [-0.3, -0.25) is 14.6 Å². The van der Waals surface area contributed by atoms with Crippen molar-refractivity contribution in [3.8, 4) is 0 Å². The lowest BCUT2D eigenvalue weighted by Gasteiger charge is -2.39. The summed E-state index contributed by atoms with van der Waals surface area (Å²) in [5.74, 6) is 4.86. The smallest absolute Gasteiger partial charge is 0.241 e. The van der Waals surface area contributed by atoms with E-state index in [1.165, 1.54) is 29.3 Å². The molecule has 4 N–H and O–H groups in total. The molecule has 0 saturated heterocycles. The number of rotatable bonds is 8. The quantitative estimate of drug-likeness (QED) is 0.192. The SMILES string of the molecule is Cc1ccc([C@@H]2C[C@H](NC(=O)CNC(C)(C)C)CC[C@H]2C(=O)N(N)C(c2ccc(F)cc2)c2ccc(F)cc2)cc1. The number of hydrazine groups is 1. The highest BCUT2D eigenvalue weighted by atomic mass is 19.1. The summed E-state index contributed by atoms with van der Waals surface area (Å²) in [4.78, 5) is 26.9. The molecule has 0 aromatic heterocycles. The molecule has 3 aromatic carbocycles. The van der Waals surface area contributed by atoms with E-state index in [-0.39, 0.29) is 35.9 Å². The van der Waals surface area contributed by atoms with Crippen molar-refractivity contribution in [1.29, 1.82) is 0 Å². The van der Waals surface area contributed by atoms with Crippen LogP contribution >= 0.6 is 0 Å². The second-order valence-electron chi connectivity index (χ2n) is 12.1. The third kappa shape index (κ3) is 7.99. The first-order valence-corrected chi connectivity index (χ1v) is 14.1. The van der Waals surface area contributed by atoms with Crippen LogP contribution in [-0.2, 0) is 9.59 Å². The van der Waals surface area contributed by atoms with Gasteiger partial charge in [0.25, 0.3) is 0 Å². The number of aryl methyl sites for hydroxylation is 1. The van der Waals surface area contributed by atoms with E-state index in [0.717, 1.165) is 11.1 Å².